The predicted molar refractivity (Wildman–Crippen MR) is 30.5 cm³/mol. The van der Waals surface area contributed by atoms with Crippen LogP contribution in [0, 0.1) is 0 Å². The van der Waals surface area contributed by atoms with Gasteiger partial charge in [-0.1, -0.05) is 0 Å². The third-order valence-corrected chi connectivity index (χ3v) is 0. The van der Waals surface area contributed by atoms with E-state index in [1.54, 1.807) is 0 Å². The third-order valence-electron chi connectivity index (χ3n) is 0. The van der Waals surface area contributed by atoms with Crippen molar-refractivity contribution in [2.45, 2.75) is 0 Å². The van der Waals surface area contributed by atoms with Gasteiger partial charge in [-0.2, -0.15) is 0 Å². The van der Waals surface area contributed by atoms with Gasteiger partial charge in [0.1, 0.15) is 0 Å². The van der Waals surface area contributed by atoms with E-state index >= 15 is 0 Å². The number of carboxylic acid groups (broad SMARTS) is 2. The standard InChI is InChI=1S/C2H4.CH2O3.Sn.2H/c1-2;2-1(3)4;;;/h1-2H2;(H2,2,3,4);;;. The summed E-state index contributed by atoms with van der Waals surface area (Å²) in [7, 11) is 0. The molecular weight excluding hydrogens is 203 g/mol. The summed E-state index contributed by atoms with van der Waals surface area (Å²) >= 11 is 0. The van der Waals surface area contributed by atoms with Gasteiger partial charge in [0.05, 0.1) is 0 Å². The zero-order chi connectivity index (χ0) is 5.58. The van der Waals surface area contributed by atoms with Crippen LogP contribution in [0.1, 0.15) is 0 Å². The summed E-state index contributed by atoms with van der Waals surface area (Å²) in [5.74, 6) is 0. The van der Waals surface area contributed by atoms with Crippen LogP contribution >= 0.6 is 0 Å². The second-order valence-electron chi connectivity index (χ2n) is 0.283. The van der Waals surface area contributed by atoms with E-state index in [0.717, 1.165) is 0 Å². The molecule has 7 heavy (non-hydrogen) atoms. The normalized spacial score (nSPS) is 4.00. The van der Waals surface area contributed by atoms with Crippen LogP contribution in [0.2, 0.25) is 0 Å². The van der Waals surface area contributed by atoms with Crippen LogP contribution in [0.4, 0.5) is 4.79 Å². The molecule has 0 spiro atoms. The van der Waals surface area contributed by atoms with Crippen molar-refractivity contribution in [3.8, 4) is 0 Å². The van der Waals surface area contributed by atoms with E-state index in [4.69, 9.17) is 15.0 Å². The first-order valence-corrected chi connectivity index (χ1v) is 1.15. The molecule has 2 radical (unpaired) electrons. The third kappa shape index (κ3) is 2300. The molecule has 3 nitrogen and oxygen atoms in total. The Labute approximate surface area is 58.6 Å². The van der Waals surface area contributed by atoms with E-state index in [0.29, 0.717) is 0 Å². The zero-order valence-electron chi connectivity index (χ0n) is 3.92. The maximum absolute atomic E-state index is 8.56. The van der Waals surface area contributed by atoms with Gasteiger partial charge in [-0.3, -0.25) is 0 Å². The van der Waals surface area contributed by atoms with Gasteiger partial charge >= 0.3 is 30.1 Å². The molecule has 0 rings (SSSR count). The van der Waals surface area contributed by atoms with Crippen LogP contribution in [0.25, 0.3) is 0 Å². The minimum absolute atomic E-state index is 0. The van der Waals surface area contributed by atoms with Crippen LogP contribution in [0.3, 0.4) is 0 Å². The Morgan fingerprint density at radius 1 is 1.29 bits per heavy atom. The zero-order valence-corrected chi connectivity index (χ0v) is 7.96. The van der Waals surface area contributed by atoms with Crippen LogP contribution < -0.4 is 0 Å². The summed E-state index contributed by atoms with van der Waals surface area (Å²) in [6.45, 7) is 6.00. The molecule has 0 aliphatic carbocycles. The first kappa shape index (κ1) is 15.8. The Hall–Kier alpha value is -0.191. The van der Waals surface area contributed by atoms with Crippen molar-refractivity contribution >= 4 is 30.1 Å². The first-order chi connectivity index (χ1) is 2.73. The Bertz CT molecular complexity index is 41.4. The molecule has 0 saturated heterocycles. The minimum atomic E-state index is -1.83. The quantitative estimate of drug-likeness (QED) is 0.441. The topological polar surface area (TPSA) is 57.5 Å². The second-order valence-corrected chi connectivity index (χ2v) is 0.283. The van der Waals surface area contributed by atoms with Crippen molar-refractivity contribution in [2.24, 2.45) is 0 Å². The Balaban J connectivity index is -0.0000000480. The maximum atomic E-state index is 8.56. The van der Waals surface area contributed by atoms with Gasteiger partial charge in [0.2, 0.25) is 0 Å². The van der Waals surface area contributed by atoms with Crippen molar-refractivity contribution in [1.82, 2.24) is 0 Å². The Morgan fingerprint density at radius 2 is 1.29 bits per heavy atom. The van der Waals surface area contributed by atoms with Gasteiger partial charge in [0.25, 0.3) is 0 Å². The number of hydrogen-bond acceptors (Lipinski definition) is 1. The predicted octanol–water partition coefficient (Wildman–Crippen LogP) is 0.108. The summed E-state index contributed by atoms with van der Waals surface area (Å²) in [5.41, 5.74) is 0. The summed E-state index contributed by atoms with van der Waals surface area (Å²) in [5, 5.41) is 13.9. The summed E-state index contributed by atoms with van der Waals surface area (Å²) in [6.07, 6.45) is -1.83. The molecule has 0 heterocycles. The fourth-order valence-electron chi connectivity index (χ4n) is 0. The van der Waals surface area contributed by atoms with E-state index in [-0.39, 0.29) is 23.9 Å². The number of rotatable bonds is 0. The van der Waals surface area contributed by atoms with Crippen molar-refractivity contribution in [3.05, 3.63) is 13.2 Å². The Kier molecular flexibility index (Phi) is 38.5. The van der Waals surface area contributed by atoms with Gasteiger partial charge < -0.3 is 10.2 Å². The van der Waals surface area contributed by atoms with Crippen molar-refractivity contribution in [2.75, 3.05) is 0 Å². The molecule has 0 aliphatic rings. The molecule has 0 aromatic carbocycles. The van der Waals surface area contributed by atoms with E-state index in [2.05, 4.69) is 13.2 Å². The molecule has 0 aromatic rings. The van der Waals surface area contributed by atoms with Crippen molar-refractivity contribution in [1.29, 1.82) is 0 Å². The summed E-state index contributed by atoms with van der Waals surface area (Å²) in [4.78, 5) is 8.56. The monoisotopic (exact) mass is 212 g/mol. The molecule has 0 atom stereocenters. The molecule has 0 aromatic heterocycles. The SMILES string of the molecule is C=C.O=C(O)O.[SnH2]. The van der Waals surface area contributed by atoms with Gasteiger partial charge in [-0.25, -0.2) is 4.79 Å². The molecular formula is C3H8O3Sn. The van der Waals surface area contributed by atoms with Crippen molar-refractivity contribution in [3.63, 3.8) is 0 Å². The fourth-order valence-corrected chi connectivity index (χ4v) is 0. The van der Waals surface area contributed by atoms with Crippen LogP contribution in [0.5, 0.6) is 0 Å². The van der Waals surface area contributed by atoms with E-state index in [9.17, 15) is 0 Å². The van der Waals surface area contributed by atoms with Gasteiger partial charge in [0, 0.05) is 0 Å². The number of carbonyl (C=O) groups is 1. The van der Waals surface area contributed by atoms with Crippen LogP contribution in [-0.4, -0.2) is 40.3 Å². The summed E-state index contributed by atoms with van der Waals surface area (Å²) < 4.78 is 0. The number of hydrogen-bond donors (Lipinski definition) is 2. The van der Waals surface area contributed by atoms with Gasteiger partial charge in [0.15, 0.2) is 0 Å². The molecule has 0 bridgehead atoms. The molecule has 4 heteroatoms. The fraction of sp³-hybridized carbons (Fsp3) is 0. The van der Waals surface area contributed by atoms with E-state index < -0.39 is 6.16 Å². The second kappa shape index (κ2) is 17.0. The first-order valence-electron chi connectivity index (χ1n) is 1.15. The van der Waals surface area contributed by atoms with Crippen LogP contribution in [-0.2, 0) is 0 Å². The molecule has 0 aliphatic heterocycles. The molecule has 0 unspecified atom stereocenters. The molecule has 42 valence electrons. The summed E-state index contributed by atoms with van der Waals surface area (Å²) in [6, 6.07) is 0. The van der Waals surface area contributed by atoms with Gasteiger partial charge in [-0.15, -0.1) is 13.2 Å². The van der Waals surface area contributed by atoms with Crippen LogP contribution in [0.15, 0.2) is 13.2 Å². The Morgan fingerprint density at radius 3 is 1.29 bits per heavy atom. The van der Waals surface area contributed by atoms with E-state index in [1.807, 2.05) is 0 Å². The van der Waals surface area contributed by atoms with Gasteiger partial charge in [-0.05, 0) is 0 Å². The van der Waals surface area contributed by atoms with E-state index in [1.165, 1.54) is 0 Å². The molecule has 0 amide bonds. The van der Waals surface area contributed by atoms with Crippen molar-refractivity contribution < 1.29 is 15.0 Å². The average molecular weight is 211 g/mol. The molecule has 0 fully saturated rings. The average Bonchev–Trinajstić information content (AvgIpc) is 1.41. The molecule has 2 N–H and O–H groups in total. The molecule has 0 saturated carbocycles.